The number of aromatic nitrogens is 2. The number of hydrogen-bond donors (Lipinski definition) is 1. The van der Waals surface area contributed by atoms with Gasteiger partial charge in [0.25, 0.3) is 0 Å². The second-order valence-corrected chi connectivity index (χ2v) is 4.79. The van der Waals surface area contributed by atoms with Crippen LogP contribution in [0.4, 0.5) is 0 Å². The van der Waals surface area contributed by atoms with Crippen LogP contribution in [0.25, 0.3) is 22.4 Å². The van der Waals surface area contributed by atoms with Crippen LogP contribution >= 0.6 is 0 Å². The van der Waals surface area contributed by atoms with Gasteiger partial charge in [0.05, 0.1) is 0 Å². The summed E-state index contributed by atoms with van der Waals surface area (Å²) >= 11 is 0. The molecule has 0 aliphatic heterocycles. The molecule has 104 valence electrons. The lowest BCUT2D eigenvalue weighted by Gasteiger charge is -2.02. The van der Waals surface area contributed by atoms with Crippen molar-refractivity contribution in [2.75, 3.05) is 0 Å². The molecule has 3 aromatic rings. The molecule has 0 radical (unpaired) electrons. The van der Waals surface area contributed by atoms with Crippen molar-refractivity contribution in [3.63, 3.8) is 0 Å². The van der Waals surface area contributed by atoms with Gasteiger partial charge in [-0.1, -0.05) is 60.7 Å². The summed E-state index contributed by atoms with van der Waals surface area (Å²) in [5.74, 6) is -0.406. The molecule has 0 aliphatic carbocycles. The van der Waals surface area contributed by atoms with Crippen molar-refractivity contribution < 1.29 is 4.79 Å². The summed E-state index contributed by atoms with van der Waals surface area (Å²) in [4.78, 5) is 11.1. The summed E-state index contributed by atoms with van der Waals surface area (Å²) in [7, 11) is 0. The average Bonchev–Trinajstić information content (AvgIpc) is 2.92. The lowest BCUT2D eigenvalue weighted by molar-refractivity contribution is -0.118. The normalized spacial score (nSPS) is 10.5. The van der Waals surface area contributed by atoms with E-state index in [9.17, 15) is 4.79 Å². The highest BCUT2D eigenvalue weighted by atomic mass is 16.1. The molecular weight excluding hydrogens is 262 g/mol. The molecule has 0 atom stereocenters. The minimum atomic E-state index is -0.406. The molecule has 2 aromatic carbocycles. The van der Waals surface area contributed by atoms with Gasteiger partial charge in [0, 0.05) is 17.3 Å². The fourth-order valence-electron chi connectivity index (χ4n) is 2.30. The molecule has 1 heterocycles. The lowest BCUT2D eigenvalue weighted by atomic mass is 10.0. The Kier molecular flexibility index (Phi) is 3.51. The minimum Gasteiger partial charge on any atom is -0.368 e. The maximum Gasteiger partial charge on any atom is 0.239 e. The summed E-state index contributed by atoms with van der Waals surface area (Å²) in [6.07, 6.45) is 1.86. The third-order valence-electron chi connectivity index (χ3n) is 3.21. The van der Waals surface area contributed by atoms with Crippen molar-refractivity contribution in [2.24, 2.45) is 5.73 Å². The number of benzene rings is 2. The minimum absolute atomic E-state index is 0.0761. The van der Waals surface area contributed by atoms with Crippen molar-refractivity contribution in [3.05, 3.63) is 66.9 Å². The zero-order valence-corrected chi connectivity index (χ0v) is 11.4. The molecule has 0 bridgehead atoms. The number of carbonyl (C=O) groups is 1. The maximum absolute atomic E-state index is 11.1. The Morgan fingerprint density at radius 2 is 1.52 bits per heavy atom. The van der Waals surface area contributed by atoms with Crippen LogP contribution in [0.1, 0.15) is 0 Å². The van der Waals surface area contributed by atoms with E-state index in [-0.39, 0.29) is 6.54 Å². The van der Waals surface area contributed by atoms with E-state index in [0.717, 1.165) is 22.4 Å². The third kappa shape index (κ3) is 2.84. The van der Waals surface area contributed by atoms with E-state index in [1.54, 1.807) is 4.68 Å². The van der Waals surface area contributed by atoms with Gasteiger partial charge < -0.3 is 5.73 Å². The molecule has 4 nitrogen and oxygen atoms in total. The predicted octanol–water partition coefficient (Wildman–Crippen LogP) is 2.70. The highest BCUT2D eigenvalue weighted by Crippen LogP contribution is 2.30. The van der Waals surface area contributed by atoms with Crippen molar-refractivity contribution in [3.8, 4) is 22.4 Å². The van der Waals surface area contributed by atoms with E-state index >= 15 is 0 Å². The highest BCUT2D eigenvalue weighted by Gasteiger charge is 2.13. The van der Waals surface area contributed by atoms with Crippen molar-refractivity contribution in [1.29, 1.82) is 0 Å². The molecule has 21 heavy (non-hydrogen) atoms. The van der Waals surface area contributed by atoms with Crippen LogP contribution in [-0.4, -0.2) is 15.7 Å². The molecule has 0 fully saturated rings. The van der Waals surface area contributed by atoms with Gasteiger partial charge in [-0.3, -0.25) is 9.48 Å². The molecule has 1 amide bonds. The molecule has 0 saturated heterocycles. The molecule has 0 aliphatic rings. The van der Waals surface area contributed by atoms with E-state index in [0.29, 0.717) is 0 Å². The van der Waals surface area contributed by atoms with Gasteiger partial charge in [-0.15, -0.1) is 0 Å². The average molecular weight is 277 g/mol. The molecular formula is C17H15N3O. The van der Waals surface area contributed by atoms with Crippen LogP contribution in [-0.2, 0) is 11.3 Å². The Balaban J connectivity index is 2.13. The second-order valence-electron chi connectivity index (χ2n) is 4.79. The number of amides is 1. The van der Waals surface area contributed by atoms with Crippen molar-refractivity contribution in [1.82, 2.24) is 9.78 Å². The standard InChI is InChI=1S/C17H15N3O/c18-16(21)12-20-11-15(13-7-3-1-4-8-13)17(19-20)14-9-5-2-6-10-14/h1-11H,12H2,(H2,18,21). The van der Waals surface area contributed by atoms with Gasteiger partial charge in [0.15, 0.2) is 0 Å². The largest absolute Gasteiger partial charge is 0.368 e. The van der Waals surface area contributed by atoms with Crippen LogP contribution < -0.4 is 5.73 Å². The molecule has 2 N–H and O–H groups in total. The first-order valence-electron chi connectivity index (χ1n) is 6.70. The monoisotopic (exact) mass is 277 g/mol. The number of primary amides is 1. The maximum atomic E-state index is 11.1. The Morgan fingerprint density at radius 1 is 0.952 bits per heavy atom. The molecule has 1 aromatic heterocycles. The molecule has 0 unspecified atom stereocenters. The lowest BCUT2D eigenvalue weighted by Crippen LogP contribution is -2.18. The van der Waals surface area contributed by atoms with Crippen LogP contribution in [0.5, 0.6) is 0 Å². The molecule has 0 saturated carbocycles. The van der Waals surface area contributed by atoms with E-state index < -0.39 is 5.91 Å². The van der Waals surface area contributed by atoms with Crippen LogP contribution in [0, 0.1) is 0 Å². The van der Waals surface area contributed by atoms with Gasteiger partial charge >= 0.3 is 0 Å². The van der Waals surface area contributed by atoms with E-state index in [2.05, 4.69) is 5.10 Å². The highest BCUT2D eigenvalue weighted by molar-refractivity contribution is 5.81. The zero-order chi connectivity index (χ0) is 14.7. The van der Waals surface area contributed by atoms with Gasteiger partial charge in [-0.25, -0.2) is 0 Å². The van der Waals surface area contributed by atoms with Gasteiger partial charge in [0.2, 0.25) is 5.91 Å². The number of nitrogens with zero attached hydrogens (tertiary/aromatic N) is 2. The predicted molar refractivity (Wildman–Crippen MR) is 82.3 cm³/mol. The molecule has 4 heteroatoms. The summed E-state index contributed by atoms with van der Waals surface area (Å²) in [6.45, 7) is 0.0761. The summed E-state index contributed by atoms with van der Waals surface area (Å²) in [5.41, 5.74) is 9.18. The fourth-order valence-corrected chi connectivity index (χ4v) is 2.30. The first kappa shape index (κ1) is 13.1. The van der Waals surface area contributed by atoms with Gasteiger partial charge in [-0.05, 0) is 5.56 Å². The molecule has 0 spiro atoms. The number of carbonyl (C=O) groups excluding carboxylic acids is 1. The van der Waals surface area contributed by atoms with Crippen molar-refractivity contribution >= 4 is 5.91 Å². The Bertz CT molecular complexity index is 691. The SMILES string of the molecule is NC(=O)Cn1cc(-c2ccccc2)c(-c2ccccc2)n1. The number of nitrogens with two attached hydrogens (primary N) is 1. The van der Waals surface area contributed by atoms with E-state index in [1.165, 1.54) is 0 Å². The van der Waals surface area contributed by atoms with Crippen LogP contribution in [0.3, 0.4) is 0 Å². The van der Waals surface area contributed by atoms with E-state index in [4.69, 9.17) is 5.73 Å². The summed E-state index contributed by atoms with van der Waals surface area (Å²) in [5, 5.41) is 4.51. The Morgan fingerprint density at radius 3 is 2.10 bits per heavy atom. The van der Waals surface area contributed by atoms with Crippen molar-refractivity contribution in [2.45, 2.75) is 6.54 Å². The quantitative estimate of drug-likeness (QED) is 0.797. The number of rotatable bonds is 4. The molecule has 3 rings (SSSR count). The van der Waals surface area contributed by atoms with Crippen LogP contribution in [0.2, 0.25) is 0 Å². The van der Waals surface area contributed by atoms with Gasteiger partial charge in [0.1, 0.15) is 12.2 Å². The zero-order valence-electron chi connectivity index (χ0n) is 11.4. The van der Waals surface area contributed by atoms with Gasteiger partial charge in [-0.2, -0.15) is 5.10 Å². The topological polar surface area (TPSA) is 60.9 Å². The first-order valence-corrected chi connectivity index (χ1v) is 6.70. The summed E-state index contributed by atoms with van der Waals surface area (Å²) < 4.78 is 1.59. The first-order chi connectivity index (χ1) is 10.2. The third-order valence-corrected chi connectivity index (χ3v) is 3.21. The fraction of sp³-hybridized carbons (Fsp3) is 0.0588. The Hall–Kier alpha value is -2.88. The smallest absolute Gasteiger partial charge is 0.239 e. The summed E-state index contributed by atoms with van der Waals surface area (Å²) in [6, 6.07) is 19.9. The number of hydrogen-bond acceptors (Lipinski definition) is 2. The van der Waals surface area contributed by atoms with E-state index in [1.807, 2.05) is 66.9 Å². The Labute approximate surface area is 122 Å². The second kappa shape index (κ2) is 5.63. The van der Waals surface area contributed by atoms with Crippen LogP contribution in [0.15, 0.2) is 66.9 Å².